The minimum absolute atomic E-state index is 0.0127. The molecule has 0 bridgehead atoms. The number of amides is 1. The number of hydrogen-bond acceptors (Lipinski definition) is 4. The summed E-state index contributed by atoms with van der Waals surface area (Å²) >= 11 is 0. The van der Waals surface area contributed by atoms with Crippen LogP contribution in [0.4, 0.5) is 5.69 Å². The van der Waals surface area contributed by atoms with Crippen molar-refractivity contribution in [3.05, 3.63) is 113 Å². The molecule has 4 aromatic rings. The van der Waals surface area contributed by atoms with E-state index in [2.05, 4.69) is 36.5 Å². The zero-order chi connectivity index (χ0) is 30.1. The summed E-state index contributed by atoms with van der Waals surface area (Å²) in [4.78, 5) is 20.5. The molecule has 1 aliphatic carbocycles. The molecule has 1 amide bonds. The summed E-state index contributed by atoms with van der Waals surface area (Å²) in [6, 6.07) is 22.7. The summed E-state index contributed by atoms with van der Waals surface area (Å²) in [7, 11) is -1.83. The van der Waals surface area contributed by atoms with Gasteiger partial charge in [-0.1, -0.05) is 69.3 Å². The van der Waals surface area contributed by atoms with Crippen LogP contribution < -0.4 is 9.62 Å². The number of benzene rings is 3. The quantitative estimate of drug-likeness (QED) is 0.242. The Hall–Kier alpha value is -3.75. The molecule has 5 rings (SSSR count). The van der Waals surface area contributed by atoms with Crippen molar-refractivity contribution in [3.8, 4) is 0 Å². The molecular formula is C34H40N4O3S. The molecule has 1 N–H and O–H groups in total. The molecule has 0 saturated heterocycles. The molecule has 0 unspecified atom stereocenters. The number of hydrogen-bond donors (Lipinski definition) is 1. The number of nitrogens with zero attached hydrogens (tertiary/aromatic N) is 3. The van der Waals surface area contributed by atoms with Crippen molar-refractivity contribution in [2.45, 2.75) is 75.8 Å². The normalized spacial score (nSPS) is 16.9. The number of imidazole rings is 1. The molecule has 1 heterocycles. The first kappa shape index (κ1) is 29.7. The number of sulfonamides is 1. The summed E-state index contributed by atoms with van der Waals surface area (Å²) in [5, 5.41) is 0. The third-order valence-corrected chi connectivity index (χ3v) is 9.95. The Balaban J connectivity index is 1.52. The lowest BCUT2D eigenvalue weighted by atomic mass is 9.71. The van der Waals surface area contributed by atoms with Crippen LogP contribution in [0.5, 0.6) is 0 Å². The van der Waals surface area contributed by atoms with E-state index in [0.29, 0.717) is 19.4 Å². The fraction of sp³-hybridized carbons (Fsp3) is 0.353. The second kappa shape index (κ2) is 11.9. The third-order valence-electron chi connectivity index (χ3n) is 8.48. The molecule has 220 valence electrons. The largest absolute Gasteiger partial charge is 0.337 e. The number of anilines is 1. The van der Waals surface area contributed by atoms with E-state index in [1.807, 2.05) is 73.3 Å². The average molecular weight is 585 g/mol. The van der Waals surface area contributed by atoms with Crippen LogP contribution in [-0.4, -0.2) is 23.9 Å². The summed E-state index contributed by atoms with van der Waals surface area (Å²) in [6.45, 7) is 8.64. The van der Waals surface area contributed by atoms with Crippen molar-refractivity contribution in [3.63, 3.8) is 0 Å². The SMILES string of the molecule is Cc1cccc(S(=O)(=O)N[C@H]2CCC(C)(C)c3ccc(N(Cc4nccn4C)C(=O)C[C@@H](C)c4ccccc4)cc32)c1. The van der Waals surface area contributed by atoms with Crippen LogP contribution in [0.15, 0.2) is 90.1 Å². The highest BCUT2D eigenvalue weighted by molar-refractivity contribution is 7.89. The van der Waals surface area contributed by atoms with Gasteiger partial charge >= 0.3 is 0 Å². The van der Waals surface area contributed by atoms with Gasteiger partial charge < -0.3 is 9.47 Å². The molecule has 0 radical (unpaired) electrons. The summed E-state index contributed by atoms with van der Waals surface area (Å²) in [5.74, 6) is 0.791. The van der Waals surface area contributed by atoms with E-state index in [9.17, 15) is 13.2 Å². The van der Waals surface area contributed by atoms with Gasteiger partial charge in [0.1, 0.15) is 5.82 Å². The van der Waals surface area contributed by atoms with Crippen LogP contribution in [0.3, 0.4) is 0 Å². The van der Waals surface area contributed by atoms with Gasteiger partial charge in [-0.3, -0.25) is 4.79 Å². The number of carbonyl (C=O) groups excluding carboxylic acids is 1. The van der Waals surface area contributed by atoms with Crippen LogP contribution in [0.25, 0.3) is 0 Å². The van der Waals surface area contributed by atoms with Crippen molar-refractivity contribution in [1.29, 1.82) is 0 Å². The second-order valence-electron chi connectivity index (χ2n) is 12.1. The third kappa shape index (κ3) is 6.35. The predicted molar refractivity (Wildman–Crippen MR) is 167 cm³/mol. The van der Waals surface area contributed by atoms with Crippen molar-refractivity contribution in [1.82, 2.24) is 14.3 Å². The highest BCUT2D eigenvalue weighted by Crippen LogP contribution is 2.43. The predicted octanol–water partition coefficient (Wildman–Crippen LogP) is 6.55. The van der Waals surface area contributed by atoms with Gasteiger partial charge in [-0.2, -0.15) is 0 Å². The highest BCUT2D eigenvalue weighted by Gasteiger charge is 2.35. The van der Waals surface area contributed by atoms with Crippen molar-refractivity contribution < 1.29 is 13.2 Å². The van der Waals surface area contributed by atoms with Crippen LogP contribution in [0.2, 0.25) is 0 Å². The lowest BCUT2D eigenvalue weighted by Gasteiger charge is -2.38. The summed E-state index contributed by atoms with van der Waals surface area (Å²) in [5.41, 5.74) is 4.61. The molecule has 1 aromatic heterocycles. The monoisotopic (exact) mass is 584 g/mol. The van der Waals surface area contributed by atoms with Gasteiger partial charge in [0.15, 0.2) is 0 Å². The lowest BCUT2D eigenvalue weighted by molar-refractivity contribution is -0.119. The molecule has 0 fully saturated rings. The van der Waals surface area contributed by atoms with E-state index >= 15 is 0 Å². The highest BCUT2D eigenvalue weighted by atomic mass is 32.2. The Bertz CT molecular complexity index is 1680. The topological polar surface area (TPSA) is 84.3 Å². The van der Waals surface area contributed by atoms with Crippen molar-refractivity contribution in [2.24, 2.45) is 7.05 Å². The van der Waals surface area contributed by atoms with Crippen molar-refractivity contribution >= 4 is 21.6 Å². The molecule has 2 atom stereocenters. The van der Waals surface area contributed by atoms with E-state index in [1.165, 1.54) is 0 Å². The molecule has 1 aliphatic rings. The van der Waals surface area contributed by atoms with E-state index in [1.54, 1.807) is 29.3 Å². The lowest BCUT2D eigenvalue weighted by Crippen LogP contribution is -2.37. The second-order valence-corrected chi connectivity index (χ2v) is 13.8. The first-order valence-corrected chi connectivity index (χ1v) is 16.0. The Kier molecular flexibility index (Phi) is 8.39. The smallest absolute Gasteiger partial charge is 0.241 e. The number of rotatable bonds is 9. The molecular weight excluding hydrogens is 544 g/mol. The van der Waals surface area contributed by atoms with Crippen LogP contribution >= 0.6 is 0 Å². The van der Waals surface area contributed by atoms with Crippen LogP contribution in [0.1, 0.15) is 80.1 Å². The Labute approximate surface area is 249 Å². The van der Waals surface area contributed by atoms with Gasteiger partial charge in [0, 0.05) is 37.6 Å². The fourth-order valence-corrected chi connectivity index (χ4v) is 7.22. The van der Waals surface area contributed by atoms with Gasteiger partial charge in [-0.05, 0) is 77.6 Å². The summed E-state index contributed by atoms with van der Waals surface area (Å²) < 4.78 is 31.8. The van der Waals surface area contributed by atoms with E-state index < -0.39 is 16.1 Å². The summed E-state index contributed by atoms with van der Waals surface area (Å²) in [6.07, 6.45) is 5.43. The minimum atomic E-state index is -3.75. The molecule has 7 nitrogen and oxygen atoms in total. The Morgan fingerprint density at radius 1 is 1.10 bits per heavy atom. The number of aryl methyl sites for hydroxylation is 2. The van der Waals surface area contributed by atoms with Gasteiger partial charge in [0.2, 0.25) is 15.9 Å². The molecule has 42 heavy (non-hydrogen) atoms. The van der Waals surface area contributed by atoms with E-state index in [-0.39, 0.29) is 22.1 Å². The maximum atomic E-state index is 14.0. The number of carbonyl (C=O) groups is 1. The Morgan fingerprint density at radius 3 is 2.55 bits per heavy atom. The molecule has 3 aromatic carbocycles. The molecule has 0 saturated carbocycles. The first-order valence-electron chi connectivity index (χ1n) is 14.5. The van der Waals surface area contributed by atoms with Crippen molar-refractivity contribution in [2.75, 3.05) is 4.90 Å². The zero-order valence-electron chi connectivity index (χ0n) is 25.0. The molecule has 8 heteroatoms. The Morgan fingerprint density at radius 2 is 1.86 bits per heavy atom. The standard InChI is InChI=1S/C34H40N4O3S/c1-24-10-9-13-28(20-24)42(40,41)36-31-16-17-34(3,4)30-15-14-27(22-29(30)31)38(23-32-35-18-19-37(32)5)33(39)21-25(2)26-11-7-6-8-12-26/h6-15,18-20,22,25,31,36H,16-17,21,23H2,1-5H3/t25-,31+/m1/s1. The van der Waals surface area contributed by atoms with Gasteiger partial charge in [0.05, 0.1) is 11.4 Å². The number of fused-ring (bicyclic) bond motifs is 1. The average Bonchev–Trinajstić information content (AvgIpc) is 3.37. The van der Waals surface area contributed by atoms with Crippen LogP contribution in [-0.2, 0) is 33.8 Å². The minimum Gasteiger partial charge on any atom is -0.337 e. The van der Waals surface area contributed by atoms with E-state index in [4.69, 9.17) is 0 Å². The van der Waals surface area contributed by atoms with Crippen LogP contribution in [0, 0.1) is 6.92 Å². The maximum absolute atomic E-state index is 14.0. The number of nitrogens with one attached hydrogen (secondary N) is 1. The van der Waals surface area contributed by atoms with Gasteiger partial charge in [-0.25, -0.2) is 18.1 Å². The van der Waals surface area contributed by atoms with Gasteiger partial charge in [0.25, 0.3) is 0 Å². The first-order chi connectivity index (χ1) is 19.9. The zero-order valence-corrected chi connectivity index (χ0v) is 25.9. The van der Waals surface area contributed by atoms with E-state index in [0.717, 1.165) is 40.2 Å². The molecule has 0 aliphatic heterocycles. The number of aromatic nitrogens is 2. The maximum Gasteiger partial charge on any atom is 0.241 e. The molecule has 0 spiro atoms. The van der Waals surface area contributed by atoms with Gasteiger partial charge in [-0.15, -0.1) is 0 Å². The fourth-order valence-electron chi connectivity index (χ4n) is 5.86.